The summed E-state index contributed by atoms with van der Waals surface area (Å²) in [5, 5.41) is 0. The minimum atomic E-state index is -2.86. The average molecular weight is 290 g/mol. The number of hydrogen-bond donors (Lipinski definition) is 0. The molecule has 1 aromatic carbocycles. The Hall–Kier alpha value is -1.88. The molecule has 0 bridgehead atoms. The lowest BCUT2D eigenvalue weighted by molar-refractivity contribution is 0.587. The molecule has 0 spiro atoms. The van der Waals surface area contributed by atoms with E-state index >= 15 is 0 Å². The van der Waals surface area contributed by atoms with Crippen molar-refractivity contribution in [3.05, 3.63) is 48.6 Å². The Morgan fingerprint density at radius 3 is 2.60 bits per heavy atom. The highest BCUT2D eigenvalue weighted by atomic mass is 32.2. The van der Waals surface area contributed by atoms with Gasteiger partial charge in [-0.05, 0) is 24.9 Å². The van der Waals surface area contributed by atoms with Crippen LogP contribution in [0.2, 0.25) is 0 Å². The van der Waals surface area contributed by atoms with E-state index in [1.54, 1.807) is 12.2 Å². The zero-order chi connectivity index (χ0) is 14.6. The van der Waals surface area contributed by atoms with Crippen LogP contribution in [0, 0.1) is 0 Å². The van der Waals surface area contributed by atoms with Crippen molar-refractivity contribution in [3.63, 3.8) is 0 Å². The summed E-state index contributed by atoms with van der Waals surface area (Å²) in [6, 6.07) is 7.88. The van der Waals surface area contributed by atoms with Crippen LogP contribution in [0.3, 0.4) is 0 Å². The first-order valence-electron chi connectivity index (χ1n) is 6.41. The molecule has 1 fully saturated rings. The van der Waals surface area contributed by atoms with Gasteiger partial charge in [-0.25, -0.2) is 8.42 Å². The molecule has 1 aromatic rings. The van der Waals surface area contributed by atoms with Crippen molar-refractivity contribution in [2.45, 2.75) is 0 Å². The highest BCUT2D eigenvalue weighted by molar-refractivity contribution is 7.91. The largest absolute Gasteiger partial charge is 0.369 e. The number of aliphatic imine (C=N–C) groups is 1. The van der Waals surface area contributed by atoms with Gasteiger partial charge in [-0.2, -0.15) is 0 Å². The molecular weight excluding hydrogens is 272 g/mol. The van der Waals surface area contributed by atoms with Gasteiger partial charge in [0.25, 0.3) is 0 Å². The van der Waals surface area contributed by atoms with Gasteiger partial charge >= 0.3 is 0 Å². The van der Waals surface area contributed by atoms with Gasteiger partial charge < -0.3 is 4.90 Å². The quantitative estimate of drug-likeness (QED) is 0.630. The summed E-state index contributed by atoms with van der Waals surface area (Å²) < 4.78 is 22.9. The lowest BCUT2D eigenvalue weighted by Crippen LogP contribution is -2.40. The molecule has 0 radical (unpaired) electrons. The standard InChI is InChI=1S/C15H18N2O2S/c1-3-5-15(16-2)13-6-4-7-14(12-13)17-8-10-20(18,19)11-9-17/h3-7,12H,1-2,8-11H2. The first-order chi connectivity index (χ1) is 9.55. The molecule has 2 rings (SSSR count). The van der Waals surface area contributed by atoms with Crippen LogP contribution in [0.25, 0.3) is 5.70 Å². The van der Waals surface area contributed by atoms with E-state index in [1.807, 2.05) is 24.3 Å². The number of anilines is 1. The van der Waals surface area contributed by atoms with Crippen molar-refractivity contribution in [1.82, 2.24) is 0 Å². The van der Waals surface area contributed by atoms with Crippen LogP contribution in [-0.2, 0) is 9.84 Å². The Kier molecular flexibility index (Phi) is 4.39. The van der Waals surface area contributed by atoms with Crippen molar-refractivity contribution >= 4 is 27.9 Å². The minimum absolute atomic E-state index is 0.215. The van der Waals surface area contributed by atoms with Crippen molar-refractivity contribution in [2.75, 3.05) is 29.5 Å². The van der Waals surface area contributed by atoms with Crippen LogP contribution < -0.4 is 4.90 Å². The summed E-state index contributed by atoms with van der Waals surface area (Å²) in [5.74, 6) is 0.429. The Bertz CT molecular complexity index is 634. The topological polar surface area (TPSA) is 49.7 Å². The predicted molar refractivity (Wildman–Crippen MR) is 85.0 cm³/mol. The summed E-state index contributed by atoms with van der Waals surface area (Å²) in [6.07, 6.45) is 3.47. The number of nitrogens with zero attached hydrogens (tertiary/aromatic N) is 2. The number of benzene rings is 1. The molecule has 106 valence electrons. The molecule has 0 saturated carbocycles. The number of rotatable bonds is 4. The van der Waals surface area contributed by atoms with Gasteiger partial charge in [0, 0.05) is 24.3 Å². The van der Waals surface area contributed by atoms with Crippen LogP contribution >= 0.6 is 0 Å². The van der Waals surface area contributed by atoms with E-state index in [1.165, 1.54) is 0 Å². The number of sulfone groups is 1. The van der Waals surface area contributed by atoms with Gasteiger partial charge in [-0.1, -0.05) is 24.8 Å². The summed E-state index contributed by atoms with van der Waals surface area (Å²) in [4.78, 5) is 6.07. The molecule has 4 nitrogen and oxygen atoms in total. The van der Waals surface area contributed by atoms with E-state index in [-0.39, 0.29) is 11.5 Å². The van der Waals surface area contributed by atoms with Gasteiger partial charge in [0.05, 0.1) is 17.2 Å². The van der Waals surface area contributed by atoms with E-state index in [2.05, 4.69) is 23.2 Å². The third-order valence-corrected chi connectivity index (χ3v) is 4.91. The normalized spacial score (nSPS) is 18.6. The predicted octanol–water partition coefficient (Wildman–Crippen LogP) is 2.15. The molecule has 0 aromatic heterocycles. The fourth-order valence-corrected chi connectivity index (χ4v) is 3.39. The van der Waals surface area contributed by atoms with Crippen molar-refractivity contribution in [3.8, 4) is 0 Å². The second-order valence-corrected chi connectivity index (χ2v) is 6.94. The summed E-state index contributed by atoms with van der Waals surface area (Å²) in [6.45, 7) is 8.29. The molecule has 20 heavy (non-hydrogen) atoms. The van der Waals surface area contributed by atoms with Crippen LogP contribution in [0.15, 0.2) is 48.0 Å². The summed E-state index contributed by atoms with van der Waals surface area (Å²) >= 11 is 0. The Morgan fingerprint density at radius 2 is 2.00 bits per heavy atom. The molecule has 1 heterocycles. The summed E-state index contributed by atoms with van der Waals surface area (Å²) in [7, 11) is -2.86. The molecule has 1 saturated heterocycles. The fraction of sp³-hybridized carbons (Fsp3) is 0.267. The van der Waals surface area contributed by atoms with Gasteiger partial charge in [0.1, 0.15) is 0 Å². The maximum Gasteiger partial charge on any atom is 0.153 e. The Balaban J connectivity index is 2.24. The molecule has 1 aliphatic heterocycles. The van der Waals surface area contributed by atoms with Crippen LogP contribution in [-0.4, -0.2) is 39.7 Å². The first-order valence-corrected chi connectivity index (χ1v) is 8.23. The minimum Gasteiger partial charge on any atom is -0.369 e. The van der Waals surface area contributed by atoms with E-state index in [0.29, 0.717) is 13.1 Å². The lowest BCUT2D eigenvalue weighted by Gasteiger charge is -2.29. The molecule has 0 N–H and O–H groups in total. The van der Waals surface area contributed by atoms with Crippen molar-refractivity contribution < 1.29 is 8.42 Å². The molecule has 0 aliphatic carbocycles. The molecule has 0 unspecified atom stereocenters. The number of hydrogen-bond acceptors (Lipinski definition) is 4. The Morgan fingerprint density at radius 1 is 1.30 bits per heavy atom. The van der Waals surface area contributed by atoms with Gasteiger partial charge in [0.15, 0.2) is 9.84 Å². The molecule has 5 heteroatoms. The van der Waals surface area contributed by atoms with Crippen molar-refractivity contribution in [1.29, 1.82) is 0 Å². The van der Waals surface area contributed by atoms with E-state index in [4.69, 9.17) is 0 Å². The maximum atomic E-state index is 11.5. The van der Waals surface area contributed by atoms with Crippen LogP contribution in [0.1, 0.15) is 5.56 Å². The molecular formula is C15H18N2O2S. The second kappa shape index (κ2) is 6.05. The fourth-order valence-electron chi connectivity index (χ4n) is 2.18. The van der Waals surface area contributed by atoms with Gasteiger partial charge in [0.2, 0.25) is 0 Å². The zero-order valence-corrected chi connectivity index (χ0v) is 12.1. The monoisotopic (exact) mass is 290 g/mol. The van der Waals surface area contributed by atoms with Crippen LogP contribution in [0.5, 0.6) is 0 Å². The molecule has 0 atom stereocenters. The summed E-state index contributed by atoms with van der Waals surface area (Å²) in [5.41, 5.74) is 2.72. The SMILES string of the molecule is C=CC=C(N=C)c1cccc(N2CCS(=O)(=O)CC2)c1. The zero-order valence-electron chi connectivity index (χ0n) is 11.3. The highest BCUT2D eigenvalue weighted by Crippen LogP contribution is 2.23. The second-order valence-electron chi connectivity index (χ2n) is 4.63. The third-order valence-electron chi connectivity index (χ3n) is 3.30. The van der Waals surface area contributed by atoms with E-state index in [0.717, 1.165) is 16.9 Å². The van der Waals surface area contributed by atoms with Gasteiger partial charge in [-0.3, -0.25) is 4.99 Å². The molecule has 0 amide bonds. The van der Waals surface area contributed by atoms with E-state index < -0.39 is 9.84 Å². The maximum absolute atomic E-state index is 11.5. The third kappa shape index (κ3) is 3.36. The van der Waals surface area contributed by atoms with E-state index in [9.17, 15) is 8.42 Å². The van der Waals surface area contributed by atoms with Gasteiger partial charge in [-0.15, -0.1) is 0 Å². The highest BCUT2D eigenvalue weighted by Gasteiger charge is 2.21. The average Bonchev–Trinajstić information content (AvgIpc) is 2.45. The van der Waals surface area contributed by atoms with Crippen LogP contribution in [0.4, 0.5) is 5.69 Å². The first kappa shape index (κ1) is 14.5. The molecule has 1 aliphatic rings. The lowest BCUT2D eigenvalue weighted by atomic mass is 10.1. The Labute approximate surface area is 120 Å². The number of allylic oxidation sites excluding steroid dienone is 2. The van der Waals surface area contributed by atoms with Crippen molar-refractivity contribution in [2.24, 2.45) is 4.99 Å². The smallest absolute Gasteiger partial charge is 0.153 e.